The standard InChI is InChI=1S/C75H120N22O16/c1-8-42(6)61(71(111)94-52(35-40(2)3)64(104)85-43(7)77)95-68(108)55(38-45-22-26-47(99)27-23-45)93-70(110)58-19-14-34-97(58)73(113)51(17-12-32-84-75(81)82)88-62(102)48(16-11-31-83-74(79)80)87-69(109)57-18-13-33-96(57)72(112)50(15-9-10-30-76)89-67(107)56(39-59(78)100)92-66(106)54(37-44-20-24-46(98)25-21-44)91-65(105)53(36-41(4)5)90-63(103)49-28-29-60(101)86-49/h20-27,40-43,48-58,61,98-99H,8-19,28-39,76-77H2,1-7H3,(H2,78,100)(H,85,104)(H,86,101)(H,87,109)(H,88,102)(H,89,107)(H,90,103)(H,91,105)(H,92,106)(H,93,110)(H,94,111)(H,95,108)(H4,79,80,83)(H4,81,82,84)/t42-,43?,48-,49-,50-,51-,52-,53-,54-,55-,56-,57-,58-,61-/m0/s1. The smallest absolute Gasteiger partial charge is 0.245 e. The summed E-state index contributed by atoms with van der Waals surface area (Å²) < 4.78 is 0. The van der Waals surface area contributed by atoms with Gasteiger partial charge in [0.25, 0.3) is 0 Å². The van der Waals surface area contributed by atoms with Crippen molar-refractivity contribution in [1.82, 2.24) is 68.3 Å². The number of unbranched alkanes of at least 4 members (excludes halogenated alkanes) is 1. The average molecular weight is 1590 g/mol. The number of phenolic OH excluding ortho intramolecular Hbond substituents is 2. The van der Waals surface area contributed by atoms with E-state index in [1.54, 1.807) is 39.8 Å². The summed E-state index contributed by atoms with van der Waals surface area (Å²) >= 11 is 0. The summed E-state index contributed by atoms with van der Waals surface area (Å²) in [6.07, 6.45) is 0.221. The maximum Gasteiger partial charge on any atom is 0.245 e. The number of hydrogen-bond donors (Lipinski definition) is 20. The molecule has 0 radical (unpaired) electrons. The molecule has 0 bridgehead atoms. The first kappa shape index (κ1) is 92.7. The first-order valence-electron chi connectivity index (χ1n) is 38.8. The molecule has 38 heteroatoms. The third kappa shape index (κ3) is 30.9. The number of hydrogen-bond acceptors (Lipinski definition) is 20. The van der Waals surface area contributed by atoms with Gasteiger partial charge < -0.3 is 119 Å². The number of nitrogens with zero attached hydrogens (tertiary/aromatic N) is 4. The molecule has 113 heavy (non-hydrogen) atoms. The lowest BCUT2D eigenvalue weighted by Gasteiger charge is -2.32. The second kappa shape index (κ2) is 46.2. The largest absolute Gasteiger partial charge is 0.508 e. The van der Waals surface area contributed by atoms with Crippen LogP contribution in [0.3, 0.4) is 0 Å². The molecular formula is C75H120N22O16. The van der Waals surface area contributed by atoms with Crippen LogP contribution < -0.4 is 98.6 Å². The molecule has 626 valence electrons. The molecule has 3 saturated heterocycles. The van der Waals surface area contributed by atoms with E-state index in [1.807, 2.05) is 20.8 Å². The molecule has 1 unspecified atom stereocenters. The molecule has 3 aliphatic rings. The Balaban J connectivity index is 1.41. The van der Waals surface area contributed by atoms with E-state index in [2.05, 4.69) is 68.5 Å². The van der Waals surface area contributed by atoms with Crippen molar-refractivity contribution < 1.29 is 77.3 Å². The summed E-state index contributed by atoms with van der Waals surface area (Å²) in [5.74, 6) is -12.3. The van der Waals surface area contributed by atoms with Gasteiger partial charge >= 0.3 is 0 Å². The molecule has 3 aliphatic heterocycles. The Bertz CT molecular complexity index is 3650. The SMILES string of the molecule is CC[C@H](C)[C@H](NC(=O)[C@H](Cc1ccc(O)cc1)NC(=O)[C@@H]1CCCN1C(=O)[C@H](CCCN=C(N)N)NC(=O)[C@H](CCCN=C(N)N)NC(=O)[C@@H]1CCCN1C(=O)[C@H](CCCCN)NC(=O)[C@H](CC(N)=O)NC(=O)[C@H](Cc1ccc(O)cc1)NC(=O)[C@H](CC(C)C)NC(=O)[C@@H]1CCC(=O)N1)C(=O)N[C@@H](CC(C)C)C(=O)NC(C)N. The number of rotatable bonds is 46. The van der Waals surface area contributed by atoms with Gasteiger partial charge in [-0.2, -0.15) is 0 Å². The first-order valence-corrected chi connectivity index (χ1v) is 38.8. The summed E-state index contributed by atoms with van der Waals surface area (Å²) in [6, 6.07) is -4.36. The van der Waals surface area contributed by atoms with E-state index in [9.17, 15) is 67.7 Å². The van der Waals surface area contributed by atoms with Gasteiger partial charge in [0.15, 0.2) is 11.9 Å². The van der Waals surface area contributed by atoms with Crippen LogP contribution in [0, 0.1) is 17.8 Å². The highest BCUT2D eigenvalue weighted by Gasteiger charge is 2.44. The second-order valence-corrected chi connectivity index (χ2v) is 30.0. The zero-order valence-electron chi connectivity index (χ0n) is 65.8. The maximum atomic E-state index is 15.2. The third-order valence-electron chi connectivity index (χ3n) is 19.6. The van der Waals surface area contributed by atoms with Gasteiger partial charge in [0, 0.05) is 45.4 Å². The van der Waals surface area contributed by atoms with Crippen LogP contribution in [0.1, 0.15) is 169 Å². The van der Waals surface area contributed by atoms with Crippen LogP contribution in [0.25, 0.3) is 0 Å². The average Bonchev–Trinajstić information content (AvgIpc) is 1.75. The maximum absolute atomic E-state index is 15.2. The fourth-order valence-corrected chi connectivity index (χ4v) is 13.5. The molecule has 14 atom stereocenters. The number of phenols is 2. The van der Waals surface area contributed by atoms with E-state index >= 15 is 9.59 Å². The molecule has 3 fully saturated rings. The van der Waals surface area contributed by atoms with Gasteiger partial charge in [-0.25, -0.2) is 0 Å². The molecule has 3 heterocycles. The lowest BCUT2D eigenvalue weighted by molar-refractivity contribution is -0.144. The molecule has 14 amide bonds. The predicted molar refractivity (Wildman–Crippen MR) is 418 cm³/mol. The molecule has 2 aromatic carbocycles. The Morgan fingerprint density at radius 3 is 1.34 bits per heavy atom. The highest BCUT2D eigenvalue weighted by Crippen LogP contribution is 2.25. The Kier molecular flexibility index (Phi) is 37.9. The van der Waals surface area contributed by atoms with Crippen LogP contribution in [-0.2, 0) is 80.0 Å². The number of primary amides is 1. The Morgan fingerprint density at radius 1 is 0.487 bits per heavy atom. The monoisotopic (exact) mass is 1580 g/mol. The van der Waals surface area contributed by atoms with Crippen molar-refractivity contribution in [3.63, 3.8) is 0 Å². The number of carbonyl (C=O) groups is 14. The van der Waals surface area contributed by atoms with Crippen molar-refractivity contribution in [3.05, 3.63) is 59.7 Å². The zero-order chi connectivity index (χ0) is 83.8. The van der Waals surface area contributed by atoms with Crippen LogP contribution in [0.2, 0.25) is 0 Å². The van der Waals surface area contributed by atoms with Gasteiger partial charge in [-0.05, 0) is 157 Å². The van der Waals surface area contributed by atoms with Crippen molar-refractivity contribution in [3.8, 4) is 11.5 Å². The zero-order valence-corrected chi connectivity index (χ0v) is 65.8. The summed E-state index contributed by atoms with van der Waals surface area (Å²) in [5.41, 5.74) is 41.0. The number of carbonyl (C=O) groups excluding carboxylic acids is 14. The minimum atomic E-state index is -1.78. The molecule has 0 aromatic heterocycles. The minimum absolute atomic E-state index is 0.00425. The number of benzene rings is 2. The molecule has 38 nitrogen and oxygen atoms in total. The molecule has 2 aromatic rings. The van der Waals surface area contributed by atoms with Gasteiger partial charge in [-0.3, -0.25) is 77.1 Å². The Morgan fingerprint density at radius 2 is 0.885 bits per heavy atom. The summed E-state index contributed by atoms with van der Waals surface area (Å²) in [4.78, 5) is 209. The summed E-state index contributed by atoms with van der Waals surface area (Å²) in [5, 5.41) is 49.9. The highest BCUT2D eigenvalue weighted by atomic mass is 16.3. The third-order valence-corrected chi connectivity index (χ3v) is 19.6. The van der Waals surface area contributed by atoms with Crippen molar-refractivity contribution >= 4 is 94.6 Å². The molecule has 27 N–H and O–H groups in total. The van der Waals surface area contributed by atoms with Gasteiger partial charge in [0.1, 0.15) is 84.0 Å². The van der Waals surface area contributed by atoms with Gasteiger partial charge in [0.2, 0.25) is 82.7 Å². The quantitative estimate of drug-likeness (QED) is 0.0131. The second-order valence-electron chi connectivity index (χ2n) is 30.0. The van der Waals surface area contributed by atoms with Crippen LogP contribution in [-0.4, -0.2) is 226 Å². The Hall–Kier alpha value is -10.9. The topological polar surface area (TPSA) is 625 Å². The fraction of sp³-hybridized carbons (Fsp3) is 0.627. The van der Waals surface area contributed by atoms with Crippen molar-refractivity contribution in [1.29, 1.82) is 0 Å². The van der Waals surface area contributed by atoms with Crippen LogP contribution in [0.15, 0.2) is 58.5 Å². The summed E-state index contributed by atoms with van der Waals surface area (Å²) in [6.45, 7) is 12.6. The summed E-state index contributed by atoms with van der Waals surface area (Å²) in [7, 11) is 0. The molecule has 0 aliphatic carbocycles. The first-order chi connectivity index (χ1) is 53.5. The van der Waals surface area contributed by atoms with Crippen molar-refractivity contribution in [2.75, 3.05) is 32.7 Å². The predicted octanol–water partition coefficient (Wildman–Crippen LogP) is -3.82. The van der Waals surface area contributed by atoms with E-state index < -0.39 is 168 Å². The van der Waals surface area contributed by atoms with Crippen LogP contribution in [0.5, 0.6) is 11.5 Å². The molecule has 5 rings (SSSR count). The van der Waals surface area contributed by atoms with E-state index in [-0.39, 0.29) is 170 Å². The molecule has 0 spiro atoms. The molecular weight excluding hydrogens is 1460 g/mol. The van der Waals surface area contributed by atoms with Crippen molar-refractivity contribution in [2.45, 2.75) is 249 Å². The van der Waals surface area contributed by atoms with Crippen LogP contribution in [0.4, 0.5) is 0 Å². The van der Waals surface area contributed by atoms with Gasteiger partial charge in [-0.15, -0.1) is 0 Å². The van der Waals surface area contributed by atoms with Crippen LogP contribution >= 0.6 is 0 Å². The fourth-order valence-electron chi connectivity index (χ4n) is 13.5. The van der Waals surface area contributed by atoms with E-state index in [0.717, 1.165) is 0 Å². The number of amides is 14. The number of aromatic hydroxyl groups is 2. The minimum Gasteiger partial charge on any atom is -0.508 e. The van der Waals surface area contributed by atoms with E-state index in [4.69, 9.17) is 40.1 Å². The Labute approximate surface area is 658 Å². The van der Waals surface area contributed by atoms with E-state index in [1.165, 1.54) is 46.2 Å². The van der Waals surface area contributed by atoms with Gasteiger partial charge in [-0.1, -0.05) is 72.2 Å². The number of nitrogens with two attached hydrogens (primary N) is 7. The lowest BCUT2D eigenvalue weighted by Crippen LogP contribution is -2.61. The normalized spacial score (nSPS) is 18.2. The number of nitrogens with one attached hydrogen (secondary N) is 11. The number of aliphatic imine (C=N–C) groups is 2. The lowest BCUT2D eigenvalue weighted by atomic mass is 9.95. The number of likely N-dealkylation sites (tertiary alicyclic amines) is 2. The van der Waals surface area contributed by atoms with Crippen molar-refractivity contribution in [2.24, 2.45) is 67.9 Å². The van der Waals surface area contributed by atoms with Gasteiger partial charge in [0.05, 0.1) is 12.6 Å². The highest BCUT2D eigenvalue weighted by molar-refractivity contribution is 6.01. The van der Waals surface area contributed by atoms with E-state index in [0.29, 0.717) is 30.4 Å². The number of guanidine groups is 2. The molecule has 0 saturated carbocycles.